The average Bonchev–Trinajstić information content (AvgIpc) is 2.78. The molecule has 0 unspecified atom stereocenters. The minimum absolute atomic E-state index is 0.178. The summed E-state index contributed by atoms with van der Waals surface area (Å²) in [4.78, 5) is 10.8. The molecule has 0 atom stereocenters. The van der Waals surface area contributed by atoms with Crippen LogP contribution in [0.25, 0.3) is 0 Å². The zero-order valence-electron chi connectivity index (χ0n) is 12.0. The summed E-state index contributed by atoms with van der Waals surface area (Å²) in [7, 11) is 1.61. The number of terminal acetylenes is 1. The van der Waals surface area contributed by atoms with E-state index in [-0.39, 0.29) is 5.69 Å². The Balaban J connectivity index is 2.08. The summed E-state index contributed by atoms with van der Waals surface area (Å²) in [6.07, 6.45) is 11.6. The van der Waals surface area contributed by atoms with Crippen LogP contribution in [0.1, 0.15) is 54.7 Å². The maximum atomic E-state index is 10.8. The molecular weight excluding hydrogens is 256 g/mol. The van der Waals surface area contributed by atoms with Crippen molar-refractivity contribution in [2.45, 2.75) is 45.1 Å². The lowest BCUT2D eigenvalue weighted by molar-refractivity contribution is 0.0685. The van der Waals surface area contributed by atoms with E-state index in [0.29, 0.717) is 18.9 Å². The van der Waals surface area contributed by atoms with Crippen LogP contribution in [0, 0.1) is 12.3 Å². The van der Waals surface area contributed by atoms with Gasteiger partial charge in [0.2, 0.25) is 0 Å². The van der Waals surface area contributed by atoms with Crippen molar-refractivity contribution in [3.05, 3.63) is 17.5 Å². The zero-order valence-corrected chi connectivity index (χ0v) is 12.0. The van der Waals surface area contributed by atoms with E-state index in [9.17, 15) is 4.79 Å². The van der Waals surface area contributed by atoms with E-state index in [1.165, 1.54) is 17.5 Å². The Morgan fingerprint density at radius 3 is 2.75 bits per heavy atom. The maximum Gasteiger partial charge on any atom is 0.354 e. The number of aromatic nitrogens is 2. The van der Waals surface area contributed by atoms with Crippen molar-refractivity contribution in [3.63, 3.8) is 0 Å². The van der Waals surface area contributed by atoms with Crippen molar-refractivity contribution in [2.24, 2.45) is 7.05 Å². The van der Waals surface area contributed by atoms with E-state index in [0.717, 1.165) is 25.7 Å². The normalized spacial score (nSPS) is 10.4. The Morgan fingerprint density at radius 2 is 2.10 bits per heavy atom. The second-order valence-corrected chi connectivity index (χ2v) is 4.72. The third kappa shape index (κ3) is 5.89. The summed E-state index contributed by atoms with van der Waals surface area (Å²) in [5, 5.41) is 13.0. The lowest BCUT2D eigenvalue weighted by Gasteiger charge is -2.02. The third-order valence-corrected chi connectivity index (χ3v) is 3.01. The van der Waals surface area contributed by atoms with Crippen molar-refractivity contribution in [3.8, 4) is 12.3 Å². The van der Waals surface area contributed by atoms with Gasteiger partial charge >= 0.3 is 5.97 Å². The van der Waals surface area contributed by atoms with Crippen LogP contribution < -0.4 is 0 Å². The second kappa shape index (κ2) is 9.16. The molecule has 1 N–H and O–H groups in total. The number of hydrogen-bond acceptors (Lipinski definition) is 3. The molecule has 1 heterocycles. The third-order valence-electron chi connectivity index (χ3n) is 3.01. The van der Waals surface area contributed by atoms with Gasteiger partial charge in [0.05, 0.1) is 12.3 Å². The molecule has 0 radical (unpaired) electrons. The average molecular weight is 278 g/mol. The SMILES string of the molecule is C#CCCCCCCCOCc1cc(C(=O)O)n(C)n1. The number of aryl methyl sites for hydroxylation is 1. The molecule has 1 aromatic rings. The Hall–Kier alpha value is -1.80. The molecule has 1 aromatic heterocycles. The predicted octanol–water partition coefficient (Wildman–Crippen LogP) is 2.61. The molecule has 5 heteroatoms. The van der Waals surface area contributed by atoms with Gasteiger partial charge in [0.25, 0.3) is 0 Å². The fourth-order valence-electron chi connectivity index (χ4n) is 1.94. The minimum Gasteiger partial charge on any atom is -0.477 e. The van der Waals surface area contributed by atoms with Gasteiger partial charge in [-0.15, -0.1) is 12.3 Å². The molecule has 5 nitrogen and oxygen atoms in total. The molecule has 0 aliphatic rings. The Kier molecular flexibility index (Phi) is 7.44. The molecule has 1 rings (SSSR count). The molecule has 0 aliphatic heterocycles. The van der Waals surface area contributed by atoms with Crippen LogP contribution in [-0.2, 0) is 18.4 Å². The Labute approximate surface area is 119 Å². The monoisotopic (exact) mass is 278 g/mol. The molecule has 20 heavy (non-hydrogen) atoms. The molecule has 110 valence electrons. The van der Waals surface area contributed by atoms with Crippen molar-refractivity contribution in [1.82, 2.24) is 9.78 Å². The van der Waals surface area contributed by atoms with Crippen molar-refractivity contribution >= 4 is 5.97 Å². The van der Waals surface area contributed by atoms with Crippen LogP contribution in [0.4, 0.5) is 0 Å². The van der Waals surface area contributed by atoms with Gasteiger partial charge in [-0.25, -0.2) is 4.79 Å². The van der Waals surface area contributed by atoms with Crippen LogP contribution in [0.2, 0.25) is 0 Å². The summed E-state index contributed by atoms with van der Waals surface area (Å²) in [6.45, 7) is 1.03. The number of carboxylic acids is 1. The first-order valence-corrected chi connectivity index (χ1v) is 6.92. The molecule has 0 aliphatic carbocycles. The number of hydrogen-bond donors (Lipinski definition) is 1. The lowest BCUT2D eigenvalue weighted by atomic mass is 10.1. The van der Waals surface area contributed by atoms with E-state index >= 15 is 0 Å². The van der Waals surface area contributed by atoms with Gasteiger partial charge < -0.3 is 9.84 Å². The smallest absolute Gasteiger partial charge is 0.354 e. The molecular formula is C15H22N2O3. The number of aromatic carboxylic acids is 1. The van der Waals surface area contributed by atoms with Crippen LogP contribution in [0.15, 0.2) is 6.07 Å². The summed E-state index contributed by atoms with van der Waals surface area (Å²) in [5.41, 5.74) is 0.830. The molecule has 0 spiro atoms. The van der Waals surface area contributed by atoms with Crippen molar-refractivity contribution in [1.29, 1.82) is 0 Å². The van der Waals surface area contributed by atoms with E-state index < -0.39 is 5.97 Å². The molecule has 0 bridgehead atoms. The van der Waals surface area contributed by atoms with Crippen molar-refractivity contribution in [2.75, 3.05) is 6.61 Å². The first-order valence-electron chi connectivity index (χ1n) is 6.92. The van der Waals surface area contributed by atoms with Crippen LogP contribution in [0.5, 0.6) is 0 Å². The van der Waals surface area contributed by atoms with Gasteiger partial charge in [0.1, 0.15) is 5.69 Å². The molecule has 0 aromatic carbocycles. The Bertz CT molecular complexity index is 460. The van der Waals surface area contributed by atoms with E-state index in [1.807, 2.05) is 0 Å². The van der Waals surface area contributed by atoms with E-state index in [4.69, 9.17) is 16.3 Å². The predicted molar refractivity (Wildman–Crippen MR) is 76.4 cm³/mol. The lowest BCUT2D eigenvalue weighted by Crippen LogP contribution is -2.04. The highest BCUT2D eigenvalue weighted by atomic mass is 16.5. The second-order valence-electron chi connectivity index (χ2n) is 4.72. The standard InChI is InChI=1S/C15H22N2O3/c1-3-4-5-6-7-8-9-10-20-12-13-11-14(15(18)19)17(2)16-13/h1,11H,4-10,12H2,2H3,(H,18,19). The number of carboxylic acid groups (broad SMARTS) is 1. The summed E-state index contributed by atoms with van der Waals surface area (Å²) >= 11 is 0. The van der Waals surface area contributed by atoms with Crippen LogP contribution in [-0.4, -0.2) is 27.5 Å². The number of ether oxygens (including phenoxy) is 1. The van der Waals surface area contributed by atoms with Gasteiger partial charge in [0, 0.05) is 20.1 Å². The highest BCUT2D eigenvalue weighted by Gasteiger charge is 2.11. The van der Waals surface area contributed by atoms with Gasteiger partial charge in [-0.1, -0.05) is 19.3 Å². The zero-order chi connectivity index (χ0) is 14.8. The van der Waals surface area contributed by atoms with Gasteiger partial charge in [0.15, 0.2) is 0 Å². The number of rotatable bonds is 10. The number of unbranched alkanes of at least 4 members (excludes halogenated alkanes) is 5. The maximum absolute atomic E-state index is 10.8. The first-order chi connectivity index (χ1) is 9.65. The highest BCUT2D eigenvalue weighted by Crippen LogP contribution is 2.07. The molecule has 0 amide bonds. The van der Waals surface area contributed by atoms with Crippen LogP contribution in [0.3, 0.4) is 0 Å². The van der Waals surface area contributed by atoms with Crippen LogP contribution >= 0.6 is 0 Å². The highest BCUT2D eigenvalue weighted by molar-refractivity contribution is 5.85. The van der Waals surface area contributed by atoms with E-state index in [2.05, 4.69) is 11.0 Å². The fraction of sp³-hybridized carbons (Fsp3) is 0.600. The van der Waals surface area contributed by atoms with Gasteiger partial charge in [-0.2, -0.15) is 5.10 Å². The topological polar surface area (TPSA) is 64.3 Å². The molecule has 0 fully saturated rings. The van der Waals surface area contributed by atoms with E-state index in [1.54, 1.807) is 13.1 Å². The van der Waals surface area contributed by atoms with Gasteiger partial charge in [-0.05, 0) is 18.9 Å². The van der Waals surface area contributed by atoms with Crippen molar-refractivity contribution < 1.29 is 14.6 Å². The van der Waals surface area contributed by atoms with Gasteiger partial charge in [-0.3, -0.25) is 4.68 Å². The molecule has 0 saturated heterocycles. The molecule has 0 saturated carbocycles. The Morgan fingerprint density at radius 1 is 1.40 bits per heavy atom. The summed E-state index contributed by atoms with van der Waals surface area (Å²) < 4.78 is 6.85. The summed E-state index contributed by atoms with van der Waals surface area (Å²) in [6, 6.07) is 1.54. The summed E-state index contributed by atoms with van der Waals surface area (Å²) in [5.74, 6) is 1.66. The minimum atomic E-state index is -0.974. The number of nitrogens with zero attached hydrogens (tertiary/aromatic N) is 2. The fourth-order valence-corrected chi connectivity index (χ4v) is 1.94. The largest absolute Gasteiger partial charge is 0.477 e. The number of carbonyl (C=O) groups is 1. The first kappa shape index (κ1) is 16.3. The quantitative estimate of drug-likeness (QED) is 0.528.